The zero-order valence-electron chi connectivity index (χ0n) is 11.4. The first kappa shape index (κ1) is 12.6. The van der Waals surface area contributed by atoms with Gasteiger partial charge in [0, 0.05) is 25.3 Å². The molecule has 1 atom stereocenters. The lowest BCUT2D eigenvalue weighted by Gasteiger charge is -2.29. The Bertz CT molecular complexity index is 486. The number of aryl methyl sites for hydroxylation is 2. The topological polar surface area (TPSA) is 44.4 Å². The fourth-order valence-corrected chi connectivity index (χ4v) is 2.95. The molecule has 0 bridgehead atoms. The van der Waals surface area contributed by atoms with Gasteiger partial charge in [-0.15, -0.1) is 0 Å². The zero-order valence-corrected chi connectivity index (χ0v) is 11.4. The van der Waals surface area contributed by atoms with Crippen molar-refractivity contribution in [1.29, 1.82) is 0 Å². The van der Waals surface area contributed by atoms with Crippen LogP contribution in [0.1, 0.15) is 17.5 Å². The van der Waals surface area contributed by atoms with E-state index in [4.69, 9.17) is 0 Å². The minimum atomic E-state index is -0.105. The van der Waals surface area contributed by atoms with Crippen molar-refractivity contribution in [3.8, 4) is 0 Å². The molecule has 1 fully saturated rings. The van der Waals surface area contributed by atoms with Gasteiger partial charge in [0.1, 0.15) is 0 Å². The van der Waals surface area contributed by atoms with Gasteiger partial charge in [-0.1, -0.05) is 6.07 Å². The number of likely N-dealkylation sites (N-methyl/N-ethyl adjacent to an activating group) is 1. The highest BCUT2D eigenvalue weighted by Crippen LogP contribution is 2.24. The Morgan fingerprint density at radius 3 is 3.05 bits per heavy atom. The maximum atomic E-state index is 12.2. The second-order valence-corrected chi connectivity index (χ2v) is 5.60. The van der Waals surface area contributed by atoms with E-state index < -0.39 is 0 Å². The first-order valence-electron chi connectivity index (χ1n) is 7.07. The van der Waals surface area contributed by atoms with Gasteiger partial charge in [0.05, 0.1) is 6.04 Å². The first-order valence-corrected chi connectivity index (χ1v) is 7.07. The molecule has 0 spiro atoms. The lowest BCUT2D eigenvalue weighted by Crippen LogP contribution is -2.54. The Labute approximate surface area is 114 Å². The molecule has 3 rings (SSSR count). The van der Waals surface area contributed by atoms with Crippen LogP contribution in [0.5, 0.6) is 0 Å². The summed E-state index contributed by atoms with van der Waals surface area (Å²) in [5.41, 5.74) is 3.76. The number of nitrogens with zero attached hydrogens (tertiary/aromatic N) is 1. The zero-order chi connectivity index (χ0) is 13.2. The first-order chi connectivity index (χ1) is 9.22. The summed E-state index contributed by atoms with van der Waals surface area (Å²) in [5, 5.41) is 6.30. The highest BCUT2D eigenvalue weighted by Gasteiger charge is 2.23. The van der Waals surface area contributed by atoms with E-state index in [2.05, 4.69) is 34.7 Å². The number of anilines is 1. The number of hydrogen-bond donors (Lipinski definition) is 2. The van der Waals surface area contributed by atoms with E-state index >= 15 is 0 Å². The molecular weight excluding hydrogens is 238 g/mol. The largest absolute Gasteiger partial charge is 0.325 e. The van der Waals surface area contributed by atoms with Gasteiger partial charge in [0.15, 0.2) is 0 Å². The molecule has 2 N–H and O–H groups in total. The number of amides is 1. The lowest BCUT2D eigenvalue weighted by atomic mass is 10.1. The highest BCUT2D eigenvalue weighted by atomic mass is 16.2. The van der Waals surface area contributed by atoms with Crippen molar-refractivity contribution in [2.75, 3.05) is 32.0 Å². The van der Waals surface area contributed by atoms with Gasteiger partial charge in [-0.25, -0.2) is 0 Å². The third-order valence-corrected chi connectivity index (χ3v) is 4.06. The van der Waals surface area contributed by atoms with E-state index in [1.165, 1.54) is 24.0 Å². The van der Waals surface area contributed by atoms with Crippen LogP contribution in [0.4, 0.5) is 5.69 Å². The minimum absolute atomic E-state index is 0.0736. The number of hydrogen-bond acceptors (Lipinski definition) is 3. The third kappa shape index (κ3) is 2.80. The standard InChI is InChI=1S/C15H21N3O/c1-18-8-7-16-14(10-18)15(19)17-13-6-5-11-3-2-4-12(11)9-13/h5-6,9,14,16H,2-4,7-8,10H2,1H3,(H,17,19). The second-order valence-electron chi connectivity index (χ2n) is 5.60. The fourth-order valence-electron chi connectivity index (χ4n) is 2.95. The van der Waals surface area contributed by atoms with Crippen molar-refractivity contribution in [3.63, 3.8) is 0 Å². The van der Waals surface area contributed by atoms with Crippen LogP contribution in [0.2, 0.25) is 0 Å². The number of piperazine rings is 1. The van der Waals surface area contributed by atoms with Crippen LogP contribution < -0.4 is 10.6 Å². The summed E-state index contributed by atoms with van der Waals surface area (Å²) in [5.74, 6) is 0.0736. The van der Waals surface area contributed by atoms with Gasteiger partial charge >= 0.3 is 0 Å². The van der Waals surface area contributed by atoms with E-state index in [1.54, 1.807) is 0 Å². The van der Waals surface area contributed by atoms with Gasteiger partial charge < -0.3 is 15.5 Å². The van der Waals surface area contributed by atoms with Gasteiger partial charge in [-0.3, -0.25) is 4.79 Å². The van der Waals surface area contributed by atoms with Gasteiger partial charge in [-0.2, -0.15) is 0 Å². The van der Waals surface area contributed by atoms with E-state index in [9.17, 15) is 4.79 Å². The third-order valence-electron chi connectivity index (χ3n) is 4.06. The van der Waals surface area contributed by atoms with E-state index in [1.807, 2.05) is 6.07 Å². The van der Waals surface area contributed by atoms with Crippen LogP contribution >= 0.6 is 0 Å². The fraction of sp³-hybridized carbons (Fsp3) is 0.533. The normalized spacial score (nSPS) is 23.1. The van der Waals surface area contributed by atoms with Crippen LogP contribution in [0.25, 0.3) is 0 Å². The number of rotatable bonds is 2. The van der Waals surface area contributed by atoms with E-state index in [-0.39, 0.29) is 11.9 Å². The number of nitrogens with one attached hydrogen (secondary N) is 2. The second kappa shape index (κ2) is 5.31. The molecular formula is C15H21N3O. The predicted octanol–water partition coefficient (Wildman–Crippen LogP) is 1.02. The highest BCUT2D eigenvalue weighted by molar-refractivity contribution is 5.95. The maximum absolute atomic E-state index is 12.2. The predicted molar refractivity (Wildman–Crippen MR) is 76.4 cm³/mol. The number of fused-ring (bicyclic) bond motifs is 1. The molecule has 1 aliphatic carbocycles. The summed E-state index contributed by atoms with van der Waals surface area (Å²) >= 11 is 0. The molecule has 1 unspecified atom stereocenters. The van der Waals surface area contributed by atoms with E-state index in [0.29, 0.717) is 0 Å². The molecule has 102 valence electrons. The summed E-state index contributed by atoms with van der Waals surface area (Å²) in [6, 6.07) is 6.20. The van der Waals surface area contributed by atoms with Crippen LogP contribution in [0, 0.1) is 0 Å². The van der Waals surface area contributed by atoms with E-state index in [0.717, 1.165) is 31.7 Å². The molecule has 0 radical (unpaired) electrons. The average Bonchev–Trinajstić information content (AvgIpc) is 2.86. The summed E-state index contributed by atoms with van der Waals surface area (Å²) in [7, 11) is 2.05. The van der Waals surface area contributed by atoms with Crippen LogP contribution in [0.15, 0.2) is 18.2 Å². The van der Waals surface area contributed by atoms with Crippen molar-refractivity contribution >= 4 is 11.6 Å². The van der Waals surface area contributed by atoms with Crippen LogP contribution in [-0.2, 0) is 17.6 Å². The van der Waals surface area contributed by atoms with Crippen molar-refractivity contribution in [2.24, 2.45) is 0 Å². The SMILES string of the molecule is CN1CCNC(C(=O)Nc2ccc3c(c2)CCC3)C1. The Morgan fingerprint density at radius 2 is 2.21 bits per heavy atom. The number of carbonyl (C=O) groups excluding carboxylic acids is 1. The minimum Gasteiger partial charge on any atom is -0.325 e. The Hall–Kier alpha value is -1.39. The smallest absolute Gasteiger partial charge is 0.242 e. The Balaban J connectivity index is 1.66. The van der Waals surface area contributed by atoms with Gasteiger partial charge in [0.25, 0.3) is 0 Å². The van der Waals surface area contributed by atoms with Gasteiger partial charge in [-0.05, 0) is 49.6 Å². The molecule has 19 heavy (non-hydrogen) atoms. The number of carbonyl (C=O) groups is 1. The molecule has 2 aliphatic rings. The summed E-state index contributed by atoms with van der Waals surface area (Å²) in [6.07, 6.45) is 3.56. The summed E-state index contributed by atoms with van der Waals surface area (Å²) in [6.45, 7) is 2.65. The van der Waals surface area contributed by atoms with Gasteiger partial charge in [0.2, 0.25) is 5.91 Å². The molecule has 1 aromatic rings. The maximum Gasteiger partial charge on any atom is 0.242 e. The number of benzene rings is 1. The molecule has 4 nitrogen and oxygen atoms in total. The lowest BCUT2D eigenvalue weighted by molar-refractivity contribution is -0.119. The molecule has 1 aliphatic heterocycles. The van der Waals surface area contributed by atoms with Crippen LogP contribution in [0.3, 0.4) is 0 Å². The molecule has 4 heteroatoms. The quantitative estimate of drug-likeness (QED) is 0.833. The monoisotopic (exact) mass is 259 g/mol. The Morgan fingerprint density at radius 1 is 1.37 bits per heavy atom. The van der Waals surface area contributed by atoms with Crippen molar-refractivity contribution in [3.05, 3.63) is 29.3 Å². The average molecular weight is 259 g/mol. The molecule has 1 saturated heterocycles. The molecule has 0 aromatic heterocycles. The molecule has 1 aromatic carbocycles. The molecule has 1 heterocycles. The molecule has 1 amide bonds. The summed E-state index contributed by atoms with van der Waals surface area (Å²) in [4.78, 5) is 14.4. The Kier molecular flexibility index (Phi) is 3.53. The van der Waals surface area contributed by atoms with Crippen LogP contribution in [-0.4, -0.2) is 43.5 Å². The molecule has 0 saturated carbocycles. The van der Waals surface area contributed by atoms with Crippen molar-refractivity contribution < 1.29 is 4.79 Å². The van der Waals surface area contributed by atoms with Crippen molar-refractivity contribution in [2.45, 2.75) is 25.3 Å². The summed E-state index contributed by atoms with van der Waals surface area (Å²) < 4.78 is 0. The van der Waals surface area contributed by atoms with Crippen molar-refractivity contribution in [1.82, 2.24) is 10.2 Å².